The number of fused-ring (bicyclic) bond motifs is 1. The first-order valence-electron chi connectivity index (χ1n) is 5.59. The minimum atomic E-state index is -2.63. The van der Waals surface area contributed by atoms with Gasteiger partial charge in [0.05, 0.1) is 0 Å². The number of aromatic nitrogens is 1. The van der Waals surface area contributed by atoms with E-state index in [2.05, 4.69) is 4.98 Å². The van der Waals surface area contributed by atoms with Gasteiger partial charge < -0.3 is 10.5 Å². The highest BCUT2D eigenvalue weighted by molar-refractivity contribution is 5.97. The fourth-order valence-corrected chi connectivity index (χ4v) is 1.18. The molecule has 5 nitrogen and oxygen atoms in total. The van der Waals surface area contributed by atoms with E-state index < -0.39 is 18.9 Å². The fourth-order valence-electron chi connectivity index (χ4n) is 1.18. The molecule has 6 heteroatoms. The van der Waals surface area contributed by atoms with E-state index in [1.807, 2.05) is 0 Å². The van der Waals surface area contributed by atoms with E-state index in [1.54, 1.807) is 12.1 Å². The number of anilines is 1. The van der Waals surface area contributed by atoms with E-state index in [0.29, 0.717) is 4.90 Å². The van der Waals surface area contributed by atoms with Crippen LogP contribution in [-0.4, -0.2) is 30.5 Å². The molecule has 1 amide bonds. The lowest BCUT2D eigenvalue weighted by Crippen LogP contribution is -2.43. The molecular weight excluding hydrogens is 218 g/mol. The molecule has 1 aliphatic heterocycles. The van der Waals surface area contributed by atoms with Crippen LogP contribution in [0.3, 0.4) is 0 Å². The standard InChI is InChI=1S/C9H11N3O2.ClH/c1-12-8-7(3-2-4-11-8)14-5-6(10)9(12)13;/h2-4,6H,5,10H2,1H3;1H/t6-;/m0./s1/i1D3;. The first-order valence-corrected chi connectivity index (χ1v) is 4.09. The van der Waals surface area contributed by atoms with Crippen molar-refractivity contribution in [2.45, 2.75) is 6.04 Å². The number of carbonyl (C=O) groups is 1. The van der Waals surface area contributed by atoms with Crippen molar-refractivity contribution < 1.29 is 13.6 Å². The van der Waals surface area contributed by atoms with Gasteiger partial charge in [-0.3, -0.25) is 9.69 Å². The van der Waals surface area contributed by atoms with Crippen LogP contribution >= 0.6 is 12.4 Å². The molecule has 0 fully saturated rings. The Morgan fingerprint density at radius 3 is 3.33 bits per heavy atom. The maximum atomic E-state index is 11.9. The summed E-state index contributed by atoms with van der Waals surface area (Å²) in [5, 5.41) is 0. The minimum Gasteiger partial charge on any atom is -0.488 e. The predicted molar refractivity (Wildman–Crippen MR) is 58.4 cm³/mol. The van der Waals surface area contributed by atoms with Crippen molar-refractivity contribution in [3.05, 3.63) is 18.3 Å². The molecule has 0 spiro atoms. The third kappa shape index (κ3) is 2.03. The van der Waals surface area contributed by atoms with Crippen molar-refractivity contribution in [1.82, 2.24) is 4.98 Å². The van der Waals surface area contributed by atoms with Gasteiger partial charge in [-0.25, -0.2) is 4.98 Å². The summed E-state index contributed by atoms with van der Waals surface area (Å²) < 4.78 is 27.3. The number of hydrogen-bond donors (Lipinski definition) is 1. The smallest absolute Gasteiger partial charge is 0.248 e. The molecule has 2 N–H and O–H groups in total. The van der Waals surface area contributed by atoms with E-state index in [-0.39, 0.29) is 30.6 Å². The molecule has 0 saturated carbocycles. The molecule has 0 radical (unpaired) electrons. The Labute approximate surface area is 97.8 Å². The summed E-state index contributed by atoms with van der Waals surface area (Å²) in [6.07, 6.45) is 1.39. The van der Waals surface area contributed by atoms with Crippen LogP contribution < -0.4 is 15.4 Å². The quantitative estimate of drug-likeness (QED) is 0.693. The van der Waals surface area contributed by atoms with Gasteiger partial charge in [-0.05, 0) is 12.1 Å². The average Bonchev–Trinajstić information content (AvgIpc) is 2.37. The highest BCUT2D eigenvalue weighted by atomic mass is 35.5. The van der Waals surface area contributed by atoms with Gasteiger partial charge in [-0.1, -0.05) is 0 Å². The van der Waals surface area contributed by atoms with Crippen molar-refractivity contribution in [2.75, 3.05) is 18.5 Å². The largest absolute Gasteiger partial charge is 0.488 e. The second kappa shape index (κ2) is 4.46. The number of amides is 1. The van der Waals surface area contributed by atoms with Crippen molar-refractivity contribution in [3.63, 3.8) is 0 Å². The number of pyridine rings is 1. The van der Waals surface area contributed by atoms with E-state index >= 15 is 0 Å². The number of carbonyl (C=O) groups excluding carboxylic acids is 1. The zero-order valence-electron chi connectivity index (χ0n) is 10.7. The van der Waals surface area contributed by atoms with Crippen LogP contribution in [-0.2, 0) is 4.79 Å². The zero-order valence-corrected chi connectivity index (χ0v) is 8.53. The predicted octanol–water partition coefficient (Wildman–Crippen LogP) is 0.186. The second-order valence-corrected chi connectivity index (χ2v) is 2.92. The lowest BCUT2D eigenvalue weighted by atomic mass is 10.3. The molecule has 0 aromatic carbocycles. The molecule has 0 bridgehead atoms. The van der Waals surface area contributed by atoms with Crippen molar-refractivity contribution in [1.29, 1.82) is 0 Å². The summed E-state index contributed by atoms with van der Waals surface area (Å²) >= 11 is 0. The highest BCUT2D eigenvalue weighted by Gasteiger charge is 2.26. The van der Waals surface area contributed by atoms with Gasteiger partial charge in [-0.2, -0.15) is 0 Å². The molecule has 1 atom stereocenters. The average molecular weight is 233 g/mol. The van der Waals surface area contributed by atoms with E-state index in [1.165, 1.54) is 6.20 Å². The molecule has 0 saturated heterocycles. The monoisotopic (exact) mass is 232 g/mol. The van der Waals surface area contributed by atoms with Crippen molar-refractivity contribution in [3.8, 4) is 5.75 Å². The van der Waals surface area contributed by atoms with Gasteiger partial charge in [0.15, 0.2) is 11.6 Å². The van der Waals surface area contributed by atoms with Gasteiger partial charge in [0.1, 0.15) is 12.6 Å². The molecule has 15 heavy (non-hydrogen) atoms. The van der Waals surface area contributed by atoms with E-state index in [0.717, 1.165) is 0 Å². The number of nitrogens with zero attached hydrogens (tertiary/aromatic N) is 2. The van der Waals surface area contributed by atoms with Crippen molar-refractivity contribution in [2.24, 2.45) is 5.73 Å². The highest BCUT2D eigenvalue weighted by Crippen LogP contribution is 2.26. The van der Waals surface area contributed by atoms with Crippen LogP contribution in [0.4, 0.5) is 5.82 Å². The van der Waals surface area contributed by atoms with Crippen LogP contribution in [0.5, 0.6) is 5.75 Å². The summed E-state index contributed by atoms with van der Waals surface area (Å²) in [5.41, 5.74) is 5.55. The molecule has 2 rings (SSSR count). The first-order chi connectivity index (χ1) is 7.91. The first kappa shape index (κ1) is 7.90. The molecule has 0 unspecified atom stereocenters. The molecule has 2 heterocycles. The lowest BCUT2D eigenvalue weighted by Gasteiger charge is -2.15. The maximum absolute atomic E-state index is 11.9. The molecule has 82 valence electrons. The van der Waals surface area contributed by atoms with Gasteiger partial charge in [0.25, 0.3) is 0 Å². The van der Waals surface area contributed by atoms with Crippen LogP contribution in [0, 0.1) is 0 Å². The zero-order chi connectivity index (χ0) is 12.6. The van der Waals surface area contributed by atoms with Gasteiger partial charge in [-0.15, -0.1) is 12.4 Å². The molecular formula is C9H12ClN3O2. The Balaban J connectivity index is 0.00000162. The summed E-state index contributed by atoms with van der Waals surface area (Å²) in [6, 6.07) is 2.13. The number of ether oxygens (including phenoxy) is 1. The van der Waals surface area contributed by atoms with Crippen LogP contribution in [0.1, 0.15) is 4.11 Å². The molecule has 1 aromatic rings. The normalized spacial score (nSPS) is 23.5. The van der Waals surface area contributed by atoms with E-state index in [4.69, 9.17) is 14.6 Å². The molecule has 1 aromatic heterocycles. The Morgan fingerprint density at radius 1 is 1.80 bits per heavy atom. The van der Waals surface area contributed by atoms with Crippen molar-refractivity contribution >= 4 is 24.1 Å². The van der Waals surface area contributed by atoms with Gasteiger partial charge >= 0.3 is 0 Å². The number of likely N-dealkylation sites (N-methyl/N-ethyl adjacent to an activating group) is 1. The number of rotatable bonds is 0. The van der Waals surface area contributed by atoms with E-state index in [9.17, 15) is 4.79 Å². The third-order valence-corrected chi connectivity index (χ3v) is 1.92. The summed E-state index contributed by atoms with van der Waals surface area (Å²) in [4.78, 5) is 16.4. The fraction of sp³-hybridized carbons (Fsp3) is 0.333. The Bertz CT molecular complexity index is 455. The lowest BCUT2D eigenvalue weighted by molar-refractivity contribution is -0.119. The molecule has 0 aliphatic carbocycles. The maximum Gasteiger partial charge on any atom is 0.248 e. The minimum absolute atomic E-state index is 0. The molecule has 1 aliphatic rings. The van der Waals surface area contributed by atoms with Crippen LogP contribution in [0.15, 0.2) is 18.3 Å². The van der Waals surface area contributed by atoms with Crippen LogP contribution in [0.25, 0.3) is 0 Å². The Kier molecular flexibility index (Phi) is 2.35. The summed E-state index contributed by atoms with van der Waals surface area (Å²) in [7, 11) is 0. The number of halogens is 1. The van der Waals surface area contributed by atoms with Crippen LogP contribution in [0.2, 0.25) is 0 Å². The summed E-state index contributed by atoms with van der Waals surface area (Å²) in [6.45, 7) is -2.70. The number of hydrogen-bond acceptors (Lipinski definition) is 4. The Morgan fingerprint density at radius 2 is 2.60 bits per heavy atom. The topological polar surface area (TPSA) is 68.5 Å². The number of nitrogens with two attached hydrogens (primary N) is 1. The van der Waals surface area contributed by atoms with Gasteiger partial charge in [0, 0.05) is 17.3 Å². The third-order valence-electron chi connectivity index (χ3n) is 1.92. The SMILES string of the molecule is Cl.[2H]C([2H])([2H])N1C(=O)[C@@H](N)COc2cccnc21. The Hall–Kier alpha value is -1.33. The summed E-state index contributed by atoms with van der Waals surface area (Å²) in [5.74, 6) is -0.502. The van der Waals surface area contributed by atoms with Gasteiger partial charge in [0.2, 0.25) is 5.91 Å². The second-order valence-electron chi connectivity index (χ2n) is 2.92.